The Kier molecular flexibility index (Phi) is 3.33. The number of anilines is 1. The van der Waals surface area contributed by atoms with E-state index in [1.54, 1.807) is 6.92 Å². The van der Waals surface area contributed by atoms with Gasteiger partial charge in [0.1, 0.15) is 0 Å². The fraction of sp³-hybridized carbons (Fsp3) is 0.417. The number of carbonyl (C=O) groups excluding carboxylic acids is 2. The summed E-state index contributed by atoms with van der Waals surface area (Å²) in [6, 6.07) is 0.0841. The average molecular weight is 248 g/mol. The van der Waals surface area contributed by atoms with Crippen LogP contribution < -0.4 is 4.90 Å². The molecule has 18 heavy (non-hydrogen) atoms. The largest absolute Gasteiger partial charge is 0.460 e. The molecule has 0 radical (unpaired) electrons. The van der Waals surface area contributed by atoms with Gasteiger partial charge in [-0.25, -0.2) is 9.78 Å². The van der Waals surface area contributed by atoms with Gasteiger partial charge < -0.3 is 9.15 Å². The van der Waals surface area contributed by atoms with Crippen LogP contribution in [-0.2, 0) is 9.53 Å². The lowest BCUT2D eigenvalue weighted by Gasteiger charge is -2.09. The molecule has 2 heterocycles. The van der Waals surface area contributed by atoms with Crippen LogP contribution in [0.15, 0.2) is 10.6 Å². The van der Waals surface area contributed by atoms with Gasteiger partial charge >= 0.3 is 12.0 Å². The first-order valence-corrected chi connectivity index (χ1v) is 5.55. The SMILES string of the molecule is C#CC1CC(=O)N(c2ncc(C(=O)OCC)o2)C1. The zero-order valence-electron chi connectivity index (χ0n) is 9.88. The number of esters is 1. The normalized spacial score (nSPS) is 18.8. The van der Waals surface area contributed by atoms with Gasteiger partial charge in [0.15, 0.2) is 0 Å². The van der Waals surface area contributed by atoms with E-state index in [1.165, 1.54) is 11.1 Å². The molecule has 1 amide bonds. The van der Waals surface area contributed by atoms with Crippen molar-refractivity contribution in [2.24, 2.45) is 5.92 Å². The molecule has 1 saturated heterocycles. The summed E-state index contributed by atoms with van der Waals surface area (Å²) in [6.45, 7) is 2.30. The molecule has 0 aromatic carbocycles. The van der Waals surface area contributed by atoms with Crippen molar-refractivity contribution in [1.82, 2.24) is 4.98 Å². The lowest BCUT2D eigenvalue weighted by Crippen LogP contribution is -2.24. The highest BCUT2D eigenvalue weighted by atomic mass is 16.5. The number of amides is 1. The van der Waals surface area contributed by atoms with Crippen molar-refractivity contribution in [3.8, 4) is 12.3 Å². The minimum Gasteiger partial charge on any atom is -0.460 e. The zero-order valence-corrected chi connectivity index (χ0v) is 9.88. The molecule has 1 fully saturated rings. The molecule has 0 N–H and O–H groups in total. The van der Waals surface area contributed by atoms with E-state index in [2.05, 4.69) is 10.9 Å². The van der Waals surface area contributed by atoms with Crippen LogP contribution in [0, 0.1) is 18.3 Å². The quantitative estimate of drug-likeness (QED) is 0.585. The molecule has 6 nitrogen and oxygen atoms in total. The lowest BCUT2D eigenvalue weighted by atomic mass is 10.1. The van der Waals surface area contributed by atoms with Gasteiger partial charge in [-0.2, -0.15) is 0 Å². The van der Waals surface area contributed by atoms with Crippen LogP contribution in [0.25, 0.3) is 0 Å². The second-order valence-electron chi connectivity index (χ2n) is 3.80. The predicted molar refractivity (Wildman–Crippen MR) is 61.8 cm³/mol. The number of nitrogens with zero attached hydrogens (tertiary/aromatic N) is 2. The maximum atomic E-state index is 11.7. The Morgan fingerprint density at radius 1 is 1.78 bits per heavy atom. The van der Waals surface area contributed by atoms with E-state index < -0.39 is 5.97 Å². The zero-order chi connectivity index (χ0) is 13.1. The maximum Gasteiger partial charge on any atom is 0.376 e. The Hall–Kier alpha value is -2.29. The van der Waals surface area contributed by atoms with E-state index in [1.807, 2.05) is 0 Å². The highest BCUT2D eigenvalue weighted by Gasteiger charge is 2.32. The van der Waals surface area contributed by atoms with Gasteiger partial charge in [-0.3, -0.25) is 9.69 Å². The molecule has 6 heteroatoms. The molecule has 2 rings (SSSR count). The Bertz CT molecular complexity index is 514. The second-order valence-corrected chi connectivity index (χ2v) is 3.80. The molecule has 1 unspecified atom stereocenters. The third kappa shape index (κ3) is 2.20. The van der Waals surface area contributed by atoms with Crippen LogP contribution in [0.2, 0.25) is 0 Å². The first-order chi connectivity index (χ1) is 8.65. The summed E-state index contributed by atoms with van der Waals surface area (Å²) in [4.78, 5) is 28.3. The molecule has 1 atom stereocenters. The number of hydrogen-bond donors (Lipinski definition) is 0. The van der Waals surface area contributed by atoms with Crippen molar-refractivity contribution in [3.05, 3.63) is 12.0 Å². The van der Waals surface area contributed by atoms with Gasteiger partial charge in [-0.1, -0.05) is 0 Å². The van der Waals surface area contributed by atoms with Crippen molar-refractivity contribution in [1.29, 1.82) is 0 Å². The fourth-order valence-corrected chi connectivity index (χ4v) is 1.69. The molecule has 1 aromatic rings. The van der Waals surface area contributed by atoms with Crippen molar-refractivity contribution in [2.75, 3.05) is 18.1 Å². The third-order valence-corrected chi connectivity index (χ3v) is 2.56. The number of hydrogen-bond acceptors (Lipinski definition) is 5. The van der Waals surface area contributed by atoms with E-state index in [9.17, 15) is 9.59 Å². The van der Waals surface area contributed by atoms with Crippen LogP contribution in [-0.4, -0.2) is 30.0 Å². The molecule has 0 saturated carbocycles. The molecule has 1 aliphatic rings. The molecule has 94 valence electrons. The Labute approximate surface area is 104 Å². The molecular weight excluding hydrogens is 236 g/mol. The summed E-state index contributed by atoms with van der Waals surface area (Å²) in [6.07, 6.45) is 6.79. The Morgan fingerprint density at radius 2 is 2.56 bits per heavy atom. The van der Waals surface area contributed by atoms with Gasteiger partial charge in [0, 0.05) is 18.9 Å². The van der Waals surface area contributed by atoms with Gasteiger partial charge in [0.25, 0.3) is 0 Å². The highest BCUT2D eigenvalue weighted by Crippen LogP contribution is 2.24. The minimum absolute atomic E-state index is 0.0243. The highest BCUT2D eigenvalue weighted by molar-refractivity contribution is 5.94. The Balaban J connectivity index is 2.14. The first-order valence-electron chi connectivity index (χ1n) is 5.55. The summed E-state index contributed by atoms with van der Waals surface area (Å²) >= 11 is 0. The topological polar surface area (TPSA) is 72.6 Å². The monoisotopic (exact) mass is 248 g/mol. The average Bonchev–Trinajstić information content (AvgIpc) is 2.95. The van der Waals surface area contributed by atoms with E-state index in [4.69, 9.17) is 15.6 Å². The number of aromatic nitrogens is 1. The molecule has 0 spiro atoms. The first kappa shape index (κ1) is 12.2. The summed E-state index contributed by atoms with van der Waals surface area (Å²) in [5.74, 6) is 1.60. The number of oxazole rings is 1. The van der Waals surface area contributed by atoms with Crippen LogP contribution in [0.3, 0.4) is 0 Å². The van der Waals surface area contributed by atoms with E-state index >= 15 is 0 Å². The van der Waals surface area contributed by atoms with Gasteiger partial charge in [0.05, 0.1) is 12.8 Å². The molecule has 0 bridgehead atoms. The fourth-order valence-electron chi connectivity index (χ4n) is 1.69. The van der Waals surface area contributed by atoms with Crippen LogP contribution in [0.5, 0.6) is 0 Å². The van der Waals surface area contributed by atoms with Crippen molar-refractivity contribution in [3.63, 3.8) is 0 Å². The summed E-state index contributed by atoms with van der Waals surface area (Å²) in [5.41, 5.74) is 0. The molecule has 0 aliphatic carbocycles. The number of carbonyl (C=O) groups is 2. The van der Waals surface area contributed by atoms with E-state index in [0.29, 0.717) is 6.54 Å². The van der Waals surface area contributed by atoms with Crippen LogP contribution in [0.4, 0.5) is 6.01 Å². The summed E-state index contributed by atoms with van der Waals surface area (Å²) in [5, 5.41) is 0. The van der Waals surface area contributed by atoms with Crippen LogP contribution >= 0.6 is 0 Å². The summed E-state index contributed by atoms with van der Waals surface area (Å²) < 4.78 is 9.96. The second kappa shape index (κ2) is 4.92. The summed E-state index contributed by atoms with van der Waals surface area (Å²) in [7, 11) is 0. The van der Waals surface area contributed by atoms with E-state index in [-0.39, 0.29) is 36.6 Å². The lowest BCUT2D eigenvalue weighted by molar-refractivity contribution is -0.117. The van der Waals surface area contributed by atoms with Crippen molar-refractivity contribution >= 4 is 17.9 Å². The van der Waals surface area contributed by atoms with Crippen molar-refractivity contribution < 1.29 is 18.7 Å². The maximum absolute atomic E-state index is 11.7. The molecule has 1 aliphatic heterocycles. The molecular formula is C12H12N2O4. The van der Waals surface area contributed by atoms with Gasteiger partial charge in [0.2, 0.25) is 11.7 Å². The smallest absolute Gasteiger partial charge is 0.376 e. The third-order valence-electron chi connectivity index (χ3n) is 2.56. The minimum atomic E-state index is -0.601. The van der Waals surface area contributed by atoms with E-state index in [0.717, 1.165) is 0 Å². The van der Waals surface area contributed by atoms with Gasteiger partial charge in [-0.05, 0) is 6.92 Å². The standard InChI is InChI=1S/C12H12N2O4/c1-3-8-5-10(15)14(7-8)12-13-6-9(18-12)11(16)17-4-2/h1,6,8H,4-5,7H2,2H3. The molecule has 1 aromatic heterocycles. The number of rotatable bonds is 3. The number of ether oxygens (including phenoxy) is 1. The number of terminal acetylenes is 1. The predicted octanol–water partition coefficient (Wildman–Crippen LogP) is 0.837. The van der Waals surface area contributed by atoms with Gasteiger partial charge in [-0.15, -0.1) is 12.3 Å². The Morgan fingerprint density at radius 3 is 3.17 bits per heavy atom. The van der Waals surface area contributed by atoms with Crippen molar-refractivity contribution in [2.45, 2.75) is 13.3 Å². The van der Waals surface area contributed by atoms with Crippen LogP contribution in [0.1, 0.15) is 23.9 Å².